The van der Waals surface area contributed by atoms with E-state index in [1.54, 1.807) is 19.2 Å². The van der Waals surface area contributed by atoms with Crippen molar-refractivity contribution < 1.29 is 19.2 Å². The summed E-state index contributed by atoms with van der Waals surface area (Å²) < 4.78 is 11.7. The van der Waals surface area contributed by atoms with Crippen LogP contribution in [0.15, 0.2) is 16.6 Å². The molecule has 25 heavy (non-hydrogen) atoms. The maximum absolute atomic E-state index is 12.7. The van der Waals surface area contributed by atoms with Crippen LogP contribution in [-0.2, 0) is 0 Å². The predicted octanol–water partition coefficient (Wildman–Crippen LogP) is 2.43. The molecule has 1 aromatic carbocycles. The first kappa shape index (κ1) is 20.0. The minimum atomic E-state index is -0.0736. The van der Waals surface area contributed by atoms with E-state index in [9.17, 15) is 4.79 Å². The van der Waals surface area contributed by atoms with Crippen molar-refractivity contribution in [3.05, 3.63) is 22.2 Å². The second-order valence-electron chi connectivity index (χ2n) is 6.95. The first-order chi connectivity index (χ1) is 11.9. The number of halogens is 1. The molecule has 0 heterocycles. The molecule has 6 heteroatoms. The molecule has 2 rings (SSSR count). The number of carbonyl (C=O) groups is 1. The van der Waals surface area contributed by atoms with Crippen LogP contribution in [0.3, 0.4) is 0 Å². The fourth-order valence-corrected chi connectivity index (χ4v) is 4.20. The maximum Gasteiger partial charge on any atom is 0.251 e. The number of quaternary nitrogens is 1. The van der Waals surface area contributed by atoms with Crippen molar-refractivity contribution in [2.45, 2.75) is 44.6 Å². The van der Waals surface area contributed by atoms with Crippen molar-refractivity contribution in [2.75, 3.05) is 34.4 Å². The Hall–Kier alpha value is -1.27. The number of hydrogen-bond donors (Lipinski definition) is 2. The number of nitrogens with one attached hydrogen (secondary N) is 2. The number of carbonyl (C=O) groups excluding carboxylic acids is 1. The lowest BCUT2D eigenvalue weighted by atomic mass is 9.80. The number of benzene rings is 1. The molecule has 140 valence electrons. The van der Waals surface area contributed by atoms with E-state index in [2.05, 4.69) is 35.3 Å². The summed E-state index contributed by atoms with van der Waals surface area (Å²) in [6.45, 7) is 3.12. The zero-order valence-electron chi connectivity index (χ0n) is 15.7. The third kappa shape index (κ3) is 4.67. The van der Waals surface area contributed by atoms with Gasteiger partial charge in [-0.3, -0.25) is 4.79 Å². The summed E-state index contributed by atoms with van der Waals surface area (Å²) in [5.41, 5.74) is 0.719. The van der Waals surface area contributed by atoms with Gasteiger partial charge in [0.25, 0.3) is 5.91 Å². The Labute approximate surface area is 159 Å². The van der Waals surface area contributed by atoms with Crippen molar-refractivity contribution in [3.63, 3.8) is 0 Å². The molecule has 0 spiro atoms. The SMILES string of the molecule is CCOc1cc(C(=O)NCC2([NH+](C)C)CCCCC2)cc(Br)c1OC. The Kier molecular flexibility index (Phi) is 7.14. The number of ether oxygens (including phenoxy) is 2. The van der Waals surface area contributed by atoms with Crippen molar-refractivity contribution in [1.29, 1.82) is 0 Å². The van der Waals surface area contributed by atoms with Crippen LogP contribution in [0.2, 0.25) is 0 Å². The van der Waals surface area contributed by atoms with E-state index in [0.717, 1.165) is 17.3 Å². The van der Waals surface area contributed by atoms with Gasteiger partial charge < -0.3 is 19.7 Å². The van der Waals surface area contributed by atoms with Crippen LogP contribution in [0, 0.1) is 0 Å². The van der Waals surface area contributed by atoms with Crippen molar-refractivity contribution in [2.24, 2.45) is 0 Å². The van der Waals surface area contributed by atoms with Gasteiger partial charge in [-0.25, -0.2) is 0 Å². The summed E-state index contributed by atoms with van der Waals surface area (Å²) in [6, 6.07) is 3.53. The zero-order chi connectivity index (χ0) is 18.4. The van der Waals surface area contributed by atoms with Crippen LogP contribution < -0.4 is 19.7 Å². The van der Waals surface area contributed by atoms with Crippen LogP contribution in [0.5, 0.6) is 11.5 Å². The highest BCUT2D eigenvalue weighted by Gasteiger charge is 2.38. The monoisotopic (exact) mass is 413 g/mol. The Bertz CT molecular complexity index is 599. The van der Waals surface area contributed by atoms with Gasteiger partial charge in [-0.1, -0.05) is 6.42 Å². The second-order valence-corrected chi connectivity index (χ2v) is 7.80. The van der Waals surface area contributed by atoms with E-state index in [-0.39, 0.29) is 11.4 Å². The number of rotatable bonds is 7. The minimum absolute atomic E-state index is 0.0736. The summed E-state index contributed by atoms with van der Waals surface area (Å²) >= 11 is 3.47. The van der Waals surface area contributed by atoms with Gasteiger partial charge in [0, 0.05) is 18.4 Å². The largest absolute Gasteiger partial charge is 0.492 e. The van der Waals surface area contributed by atoms with Gasteiger partial charge >= 0.3 is 0 Å². The lowest BCUT2D eigenvalue weighted by molar-refractivity contribution is -0.916. The standard InChI is InChI=1S/C19H29BrN2O3/c1-5-25-16-12-14(11-15(20)17(16)24-4)18(23)21-13-19(22(2)3)9-7-6-8-10-19/h11-12H,5-10,13H2,1-4H3,(H,21,23)/p+1. The Morgan fingerprint density at radius 1 is 1.28 bits per heavy atom. The molecule has 1 saturated carbocycles. The fourth-order valence-electron chi connectivity index (χ4n) is 3.59. The molecular weight excluding hydrogens is 384 g/mol. The molecule has 5 nitrogen and oxygen atoms in total. The van der Waals surface area contributed by atoms with E-state index >= 15 is 0 Å². The zero-order valence-corrected chi connectivity index (χ0v) is 17.3. The van der Waals surface area contributed by atoms with Crippen molar-refractivity contribution in [3.8, 4) is 11.5 Å². The summed E-state index contributed by atoms with van der Waals surface area (Å²) in [7, 11) is 5.97. The van der Waals surface area contributed by atoms with Crippen LogP contribution in [0.1, 0.15) is 49.4 Å². The fraction of sp³-hybridized carbons (Fsp3) is 0.632. The van der Waals surface area contributed by atoms with Gasteiger partial charge in [0.05, 0.1) is 38.8 Å². The first-order valence-corrected chi connectivity index (χ1v) is 9.82. The number of amides is 1. The molecule has 0 unspecified atom stereocenters. The smallest absolute Gasteiger partial charge is 0.251 e. The summed E-state index contributed by atoms with van der Waals surface area (Å²) in [6.07, 6.45) is 6.09. The highest BCUT2D eigenvalue weighted by molar-refractivity contribution is 9.10. The van der Waals surface area contributed by atoms with Crippen LogP contribution in [0.4, 0.5) is 0 Å². The van der Waals surface area contributed by atoms with E-state index in [4.69, 9.17) is 9.47 Å². The van der Waals surface area contributed by atoms with Crippen LogP contribution >= 0.6 is 15.9 Å². The van der Waals surface area contributed by atoms with Gasteiger partial charge in [-0.15, -0.1) is 0 Å². The van der Waals surface area contributed by atoms with Crippen molar-refractivity contribution in [1.82, 2.24) is 5.32 Å². The number of hydrogen-bond acceptors (Lipinski definition) is 3. The van der Waals surface area contributed by atoms with Gasteiger partial charge in [-0.05, 0) is 47.8 Å². The lowest BCUT2D eigenvalue weighted by Gasteiger charge is -2.39. The minimum Gasteiger partial charge on any atom is -0.492 e. The summed E-state index contributed by atoms with van der Waals surface area (Å²) in [5, 5.41) is 3.15. The van der Waals surface area contributed by atoms with Gasteiger partial charge in [0.1, 0.15) is 5.54 Å². The van der Waals surface area contributed by atoms with E-state index in [1.165, 1.54) is 24.2 Å². The summed E-state index contributed by atoms with van der Waals surface area (Å²) in [4.78, 5) is 14.1. The predicted molar refractivity (Wildman–Crippen MR) is 103 cm³/mol. The summed E-state index contributed by atoms with van der Waals surface area (Å²) in [5.74, 6) is 1.12. The van der Waals surface area contributed by atoms with Gasteiger partial charge in [0.2, 0.25) is 0 Å². The van der Waals surface area contributed by atoms with Gasteiger partial charge in [-0.2, -0.15) is 0 Å². The average Bonchev–Trinajstić information content (AvgIpc) is 2.60. The Morgan fingerprint density at radius 3 is 2.52 bits per heavy atom. The molecule has 0 radical (unpaired) electrons. The maximum atomic E-state index is 12.7. The normalized spacial score (nSPS) is 16.6. The molecule has 0 atom stereocenters. The number of likely N-dealkylation sites (N-methyl/N-ethyl adjacent to an activating group) is 1. The lowest BCUT2D eigenvalue weighted by Crippen LogP contribution is -3.16. The third-order valence-corrected chi connectivity index (χ3v) is 5.82. The molecule has 0 aromatic heterocycles. The van der Waals surface area contributed by atoms with E-state index in [1.807, 2.05) is 6.92 Å². The third-order valence-electron chi connectivity index (χ3n) is 5.23. The molecule has 2 N–H and O–H groups in total. The molecule has 1 aromatic rings. The molecule has 1 aliphatic carbocycles. The topological polar surface area (TPSA) is 52.0 Å². The van der Waals surface area contributed by atoms with Crippen molar-refractivity contribution >= 4 is 21.8 Å². The molecule has 1 fully saturated rings. The quantitative estimate of drug-likeness (QED) is 0.721. The second kappa shape index (κ2) is 8.90. The highest BCUT2D eigenvalue weighted by atomic mass is 79.9. The molecule has 0 saturated heterocycles. The van der Waals surface area contributed by atoms with Crippen LogP contribution in [-0.4, -0.2) is 45.8 Å². The average molecular weight is 414 g/mol. The number of methoxy groups -OCH3 is 1. The van der Waals surface area contributed by atoms with Gasteiger partial charge in [0.15, 0.2) is 11.5 Å². The molecule has 1 amide bonds. The van der Waals surface area contributed by atoms with E-state index < -0.39 is 0 Å². The van der Waals surface area contributed by atoms with Crippen LogP contribution in [0.25, 0.3) is 0 Å². The molecule has 0 aliphatic heterocycles. The highest BCUT2D eigenvalue weighted by Crippen LogP contribution is 2.36. The van der Waals surface area contributed by atoms with E-state index in [0.29, 0.717) is 30.2 Å². The molecular formula is C19H30BrN2O3+. The first-order valence-electron chi connectivity index (χ1n) is 9.02. The molecule has 1 aliphatic rings. The Balaban J connectivity index is 2.14. The Morgan fingerprint density at radius 2 is 1.96 bits per heavy atom. The molecule has 0 bridgehead atoms.